The van der Waals surface area contributed by atoms with Gasteiger partial charge in [-0.1, -0.05) is 0 Å². The molecule has 4 rings (SSSR count). The van der Waals surface area contributed by atoms with Crippen LogP contribution < -0.4 is 10.6 Å². The highest BCUT2D eigenvalue weighted by Gasteiger charge is 2.20. The first-order valence-corrected chi connectivity index (χ1v) is 6.92. The van der Waals surface area contributed by atoms with Gasteiger partial charge in [0.15, 0.2) is 11.3 Å². The van der Waals surface area contributed by atoms with E-state index in [-0.39, 0.29) is 6.04 Å². The lowest BCUT2D eigenvalue weighted by molar-refractivity contribution is 0.507. The van der Waals surface area contributed by atoms with Crippen LogP contribution in [0.4, 0.5) is 5.69 Å². The van der Waals surface area contributed by atoms with E-state index in [0.29, 0.717) is 5.65 Å². The number of anilines is 1. The van der Waals surface area contributed by atoms with E-state index < -0.39 is 0 Å². The van der Waals surface area contributed by atoms with E-state index in [1.807, 2.05) is 12.3 Å². The number of fused-ring (bicyclic) bond motifs is 3. The highest BCUT2D eigenvalue weighted by molar-refractivity contribution is 6.08. The molecule has 6 nitrogen and oxygen atoms in total. The second kappa shape index (κ2) is 4.42. The minimum Gasteiger partial charge on any atom is -0.369 e. The molecule has 1 fully saturated rings. The molecule has 3 aromatic heterocycles. The van der Waals surface area contributed by atoms with Crippen molar-refractivity contribution < 1.29 is 0 Å². The van der Waals surface area contributed by atoms with Gasteiger partial charge in [0.25, 0.3) is 0 Å². The van der Waals surface area contributed by atoms with Crippen LogP contribution in [-0.4, -0.2) is 39.3 Å². The molecule has 1 atom stereocenters. The van der Waals surface area contributed by atoms with Crippen LogP contribution in [0.2, 0.25) is 0 Å². The van der Waals surface area contributed by atoms with Crippen molar-refractivity contribution in [3.05, 3.63) is 24.5 Å². The van der Waals surface area contributed by atoms with Crippen LogP contribution >= 0.6 is 0 Å². The Labute approximate surface area is 116 Å². The van der Waals surface area contributed by atoms with Gasteiger partial charge >= 0.3 is 0 Å². The second-order valence-electron chi connectivity index (χ2n) is 5.32. The fraction of sp³-hybridized carbons (Fsp3) is 0.357. The maximum atomic E-state index is 6.11. The van der Waals surface area contributed by atoms with Crippen LogP contribution in [0.1, 0.15) is 12.8 Å². The molecule has 3 N–H and O–H groups in total. The van der Waals surface area contributed by atoms with Gasteiger partial charge in [-0.15, -0.1) is 10.2 Å². The molecule has 3 aromatic rings. The van der Waals surface area contributed by atoms with Crippen molar-refractivity contribution in [2.75, 3.05) is 18.0 Å². The second-order valence-corrected chi connectivity index (χ2v) is 5.32. The van der Waals surface area contributed by atoms with E-state index in [4.69, 9.17) is 5.73 Å². The van der Waals surface area contributed by atoms with Gasteiger partial charge in [0.05, 0.1) is 11.1 Å². The van der Waals surface area contributed by atoms with Crippen LogP contribution in [-0.2, 0) is 0 Å². The molecular weight excluding hydrogens is 252 g/mol. The minimum absolute atomic E-state index is 0.239. The van der Waals surface area contributed by atoms with Gasteiger partial charge < -0.3 is 15.6 Å². The van der Waals surface area contributed by atoms with Crippen LogP contribution in [0, 0.1) is 0 Å². The van der Waals surface area contributed by atoms with E-state index in [9.17, 15) is 0 Å². The van der Waals surface area contributed by atoms with Gasteiger partial charge in [-0.3, -0.25) is 0 Å². The Morgan fingerprint density at radius 2 is 2.25 bits per heavy atom. The Morgan fingerprint density at radius 3 is 3.15 bits per heavy atom. The number of nitrogens with one attached hydrogen (secondary N) is 1. The quantitative estimate of drug-likeness (QED) is 0.697. The van der Waals surface area contributed by atoms with Crippen LogP contribution in [0.3, 0.4) is 0 Å². The van der Waals surface area contributed by atoms with Crippen molar-refractivity contribution in [1.29, 1.82) is 0 Å². The Kier molecular flexibility index (Phi) is 2.56. The number of pyridine rings is 1. The molecule has 0 aliphatic carbocycles. The minimum atomic E-state index is 0.239. The van der Waals surface area contributed by atoms with Gasteiger partial charge in [0, 0.05) is 36.9 Å². The van der Waals surface area contributed by atoms with Crippen molar-refractivity contribution in [3.8, 4) is 0 Å². The lowest BCUT2D eigenvalue weighted by Crippen LogP contribution is -2.42. The van der Waals surface area contributed by atoms with E-state index in [0.717, 1.165) is 48.0 Å². The molecule has 0 amide bonds. The number of aromatic nitrogens is 4. The van der Waals surface area contributed by atoms with Crippen molar-refractivity contribution in [1.82, 2.24) is 20.2 Å². The maximum absolute atomic E-state index is 6.11. The lowest BCUT2D eigenvalue weighted by atomic mass is 10.0. The standard InChI is InChI=1S/C14H16N6/c15-9-2-1-7-20(8-9)11-4-6-17-14-12(11)10-3-5-16-13(10)18-19-14/h3-6,9H,1-2,7-8,15H2,(H,16,18). The third kappa shape index (κ3) is 1.72. The van der Waals surface area contributed by atoms with Crippen LogP contribution in [0.15, 0.2) is 24.5 Å². The summed E-state index contributed by atoms with van der Waals surface area (Å²) in [6, 6.07) is 4.32. The molecule has 0 radical (unpaired) electrons. The Hall–Kier alpha value is -2.21. The summed E-state index contributed by atoms with van der Waals surface area (Å²) in [4.78, 5) is 9.79. The molecule has 6 heteroatoms. The van der Waals surface area contributed by atoms with Gasteiger partial charge in [-0.05, 0) is 25.0 Å². The van der Waals surface area contributed by atoms with E-state index in [2.05, 4.69) is 31.1 Å². The average molecular weight is 268 g/mol. The summed E-state index contributed by atoms with van der Waals surface area (Å²) in [6.45, 7) is 1.91. The van der Waals surface area contributed by atoms with Gasteiger partial charge in [-0.25, -0.2) is 4.98 Å². The number of nitrogens with zero attached hydrogens (tertiary/aromatic N) is 4. The molecule has 4 heterocycles. The molecule has 0 bridgehead atoms. The zero-order chi connectivity index (χ0) is 13.5. The zero-order valence-electron chi connectivity index (χ0n) is 11.1. The normalized spacial score (nSPS) is 19.9. The summed E-state index contributed by atoms with van der Waals surface area (Å²) in [5, 5.41) is 10.5. The van der Waals surface area contributed by atoms with Crippen molar-refractivity contribution in [2.24, 2.45) is 5.73 Å². The Bertz CT molecular complexity index is 765. The highest BCUT2D eigenvalue weighted by atomic mass is 15.2. The smallest absolute Gasteiger partial charge is 0.184 e. The lowest BCUT2D eigenvalue weighted by Gasteiger charge is -2.33. The summed E-state index contributed by atoms with van der Waals surface area (Å²) in [7, 11) is 0. The molecule has 1 unspecified atom stereocenters. The monoisotopic (exact) mass is 268 g/mol. The fourth-order valence-corrected chi connectivity index (χ4v) is 3.01. The largest absolute Gasteiger partial charge is 0.369 e. The van der Waals surface area contributed by atoms with E-state index >= 15 is 0 Å². The van der Waals surface area contributed by atoms with Gasteiger partial charge in [0.2, 0.25) is 0 Å². The summed E-state index contributed by atoms with van der Waals surface area (Å²) in [5.41, 5.74) is 8.75. The van der Waals surface area contributed by atoms with Crippen molar-refractivity contribution in [2.45, 2.75) is 18.9 Å². The first-order valence-electron chi connectivity index (χ1n) is 6.92. The van der Waals surface area contributed by atoms with Crippen molar-refractivity contribution >= 4 is 27.8 Å². The van der Waals surface area contributed by atoms with E-state index in [1.54, 1.807) is 6.20 Å². The number of H-pyrrole nitrogens is 1. The van der Waals surface area contributed by atoms with Crippen LogP contribution in [0.25, 0.3) is 22.1 Å². The Balaban J connectivity index is 1.96. The number of aromatic amines is 1. The summed E-state index contributed by atoms with van der Waals surface area (Å²) in [5.74, 6) is 0. The molecule has 0 spiro atoms. The summed E-state index contributed by atoms with van der Waals surface area (Å²) in [6.07, 6.45) is 5.90. The highest BCUT2D eigenvalue weighted by Crippen LogP contribution is 2.31. The fourth-order valence-electron chi connectivity index (χ4n) is 3.01. The summed E-state index contributed by atoms with van der Waals surface area (Å²) < 4.78 is 0. The molecular formula is C14H16N6. The predicted octanol–water partition coefficient (Wildman–Crippen LogP) is 1.43. The maximum Gasteiger partial charge on any atom is 0.184 e. The van der Waals surface area contributed by atoms with Gasteiger partial charge in [-0.2, -0.15) is 0 Å². The SMILES string of the molecule is NC1CCCN(c2ccnc3nnc4[nH]ccc4c23)C1. The Morgan fingerprint density at radius 1 is 1.30 bits per heavy atom. The molecule has 1 aliphatic rings. The summed E-state index contributed by atoms with van der Waals surface area (Å²) >= 11 is 0. The van der Waals surface area contributed by atoms with Crippen molar-refractivity contribution in [3.63, 3.8) is 0 Å². The molecule has 1 saturated heterocycles. The zero-order valence-corrected chi connectivity index (χ0v) is 11.1. The molecule has 102 valence electrons. The number of nitrogens with two attached hydrogens (primary N) is 1. The molecule has 20 heavy (non-hydrogen) atoms. The first kappa shape index (κ1) is 11.6. The first-order chi connectivity index (χ1) is 9.83. The number of hydrogen-bond acceptors (Lipinski definition) is 5. The van der Waals surface area contributed by atoms with Crippen LogP contribution in [0.5, 0.6) is 0 Å². The predicted molar refractivity (Wildman–Crippen MR) is 78.6 cm³/mol. The molecule has 0 aromatic carbocycles. The van der Waals surface area contributed by atoms with E-state index in [1.165, 1.54) is 0 Å². The molecule has 1 aliphatic heterocycles. The number of piperidine rings is 1. The number of rotatable bonds is 1. The third-order valence-electron chi connectivity index (χ3n) is 3.95. The van der Waals surface area contributed by atoms with Gasteiger partial charge in [0.1, 0.15) is 0 Å². The molecule has 0 saturated carbocycles. The average Bonchev–Trinajstić information content (AvgIpc) is 2.95. The topological polar surface area (TPSA) is 83.7 Å². The number of hydrogen-bond donors (Lipinski definition) is 2. The third-order valence-corrected chi connectivity index (χ3v) is 3.95.